The number of anilines is 2. The molecule has 2 aromatic rings. The molecule has 6 heteroatoms. The van der Waals surface area contributed by atoms with Crippen LogP contribution in [0.2, 0.25) is 5.02 Å². The van der Waals surface area contributed by atoms with E-state index in [1.54, 1.807) is 42.5 Å². The highest BCUT2D eigenvalue weighted by molar-refractivity contribution is 6.32. The number of carbonyl (C=O) groups excluding carboxylic acids is 2. The molecule has 0 bridgehead atoms. The predicted molar refractivity (Wildman–Crippen MR) is 91.6 cm³/mol. The zero-order valence-electron chi connectivity index (χ0n) is 12.9. The highest BCUT2D eigenvalue weighted by Gasteiger charge is 2.09. The highest BCUT2D eigenvalue weighted by atomic mass is 35.5. The van der Waals surface area contributed by atoms with Gasteiger partial charge in [-0.2, -0.15) is 0 Å². The van der Waals surface area contributed by atoms with E-state index in [9.17, 15) is 9.59 Å². The average Bonchev–Trinajstić information content (AvgIpc) is 2.53. The topological polar surface area (TPSA) is 67.4 Å². The van der Waals surface area contributed by atoms with Gasteiger partial charge >= 0.3 is 0 Å². The van der Waals surface area contributed by atoms with Crippen molar-refractivity contribution < 1.29 is 14.3 Å². The maximum Gasteiger partial charge on any atom is 0.243 e. The Bertz CT molecular complexity index is 732. The molecule has 0 heterocycles. The van der Waals surface area contributed by atoms with Crippen LogP contribution in [0, 0.1) is 0 Å². The van der Waals surface area contributed by atoms with Crippen molar-refractivity contribution in [1.29, 1.82) is 0 Å². The molecule has 1 amide bonds. The maximum absolute atomic E-state index is 12.0. The van der Waals surface area contributed by atoms with Gasteiger partial charge in [0.25, 0.3) is 0 Å². The summed E-state index contributed by atoms with van der Waals surface area (Å²) in [5.74, 6) is 0.234. The normalized spacial score (nSPS) is 10.0. The Morgan fingerprint density at radius 1 is 1.17 bits per heavy atom. The van der Waals surface area contributed by atoms with E-state index in [0.29, 0.717) is 27.7 Å². The molecule has 120 valence electrons. The smallest absolute Gasteiger partial charge is 0.243 e. The van der Waals surface area contributed by atoms with Crippen LogP contribution >= 0.6 is 11.6 Å². The highest BCUT2D eigenvalue weighted by Crippen LogP contribution is 2.27. The molecule has 0 radical (unpaired) electrons. The number of halogens is 1. The van der Waals surface area contributed by atoms with E-state index in [0.717, 1.165) is 0 Å². The SMILES string of the molecule is COc1ccc(NC(=O)CNc2ccccc2C(C)=O)cc1Cl. The maximum atomic E-state index is 12.0. The quantitative estimate of drug-likeness (QED) is 0.793. The number of hydrogen-bond acceptors (Lipinski definition) is 4. The van der Waals surface area contributed by atoms with Gasteiger partial charge in [0.05, 0.1) is 18.7 Å². The Hall–Kier alpha value is -2.53. The second-order valence-corrected chi connectivity index (χ2v) is 5.26. The third-order valence-corrected chi connectivity index (χ3v) is 3.48. The predicted octanol–water partition coefficient (Wildman–Crippen LogP) is 3.60. The van der Waals surface area contributed by atoms with Crippen LogP contribution in [0.15, 0.2) is 42.5 Å². The molecule has 0 atom stereocenters. The number of nitrogens with one attached hydrogen (secondary N) is 2. The Morgan fingerprint density at radius 2 is 1.91 bits per heavy atom. The summed E-state index contributed by atoms with van der Waals surface area (Å²) < 4.78 is 5.06. The summed E-state index contributed by atoms with van der Waals surface area (Å²) in [7, 11) is 1.52. The molecule has 23 heavy (non-hydrogen) atoms. The van der Waals surface area contributed by atoms with Gasteiger partial charge in [-0.15, -0.1) is 0 Å². The fourth-order valence-electron chi connectivity index (χ4n) is 2.07. The van der Waals surface area contributed by atoms with Crippen LogP contribution in [0.4, 0.5) is 11.4 Å². The van der Waals surface area contributed by atoms with Gasteiger partial charge in [-0.05, 0) is 37.3 Å². The van der Waals surface area contributed by atoms with E-state index in [1.807, 2.05) is 0 Å². The van der Waals surface area contributed by atoms with Crippen LogP contribution in [0.1, 0.15) is 17.3 Å². The van der Waals surface area contributed by atoms with Crippen molar-refractivity contribution in [3.05, 3.63) is 53.1 Å². The van der Waals surface area contributed by atoms with E-state index in [2.05, 4.69) is 10.6 Å². The number of ether oxygens (including phenoxy) is 1. The molecule has 0 aromatic heterocycles. The first kappa shape index (κ1) is 16.8. The van der Waals surface area contributed by atoms with Crippen molar-refractivity contribution in [1.82, 2.24) is 0 Å². The third-order valence-electron chi connectivity index (χ3n) is 3.18. The van der Waals surface area contributed by atoms with Crippen molar-refractivity contribution in [3.63, 3.8) is 0 Å². The number of benzene rings is 2. The number of hydrogen-bond donors (Lipinski definition) is 2. The molecule has 0 aliphatic heterocycles. The number of amides is 1. The van der Waals surface area contributed by atoms with Gasteiger partial charge in [0, 0.05) is 16.9 Å². The number of para-hydroxylation sites is 1. The molecular weight excluding hydrogens is 316 g/mol. The van der Waals surface area contributed by atoms with Crippen molar-refractivity contribution in [2.24, 2.45) is 0 Å². The first-order valence-electron chi connectivity index (χ1n) is 6.98. The standard InChI is InChI=1S/C17H17ClN2O3/c1-11(21)13-5-3-4-6-15(13)19-10-17(22)20-12-7-8-16(23-2)14(18)9-12/h3-9,19H,10H2,1-2H3,(H,20,22). The average molecular weight is 333 g/mol. The lowest BCUT2D eigenvalue weighted by molar-refractivity contribution is -0.114. The Balaban J connectivity index is 1.98. The Morgan fingerprint density at radius 3 is 2.57 bits per heavy atom. The number of methoxy groups -OCH3 is 1. The van der Waals surface area contributed by atoms with Gasteiger partial charge in [-0.1, -0.05) is 23.7 Å². The number of rotatable bonds is 6. The van der Waals surface area contributed by atoms with Crippen molar-refractivity contribution in [3.8, 4) is 5.75 Å². The molecule has 5 nitrogen and oxygen atoms in total. The number of carbonyl (C=O) groups is 2. The fourth-order valence-corrected chi connectivity index (χ4v) is 2.33. The Labute approximate surface area is 139 Å². The summed E-state index contributed by atoms with van der Waals surface area (Å²) in [6.07, 6.45) is 0. The molecule has 0 saturated heterocycles. The number of ketones is 1. The first-order chi connectivity index (χ1) is 11.0. The zero-order valence-corrected chi connectivity index (χ0v) is 13.6. The largest absolute Gasteiger partial charge is 0.495 e. The van der Waals surface area contributed by atoms with Gasteiger partial charge < -0.3 is 15.4 Å². The lowest BCUT2D eigenvalue weighted by Gasteiger charge is -2.11. The van der Waals surface area contributed by atoms with E-state index in [4.69, 9.17) is 16.3 Å². The summed E-state index contributed by atoms with van der Waals surface area (Å²) in [4.78, 5) is 23.5. The summed E-state index contributed by atoms with van der Waals surface area (Å²) in [6, 6.07) is 12.0. The van der Waals surface area contributed by atoms with E-state index in [-0.39, 0.29) is 18.2 Å². The molecule has 0 unspecified atom stereocenters. The number of Topliss-reactive ketones (excluding diaryl/α,β-unsaturated/α-hetero) is 1. The fraction of sp³-hybridized carbons (Fsp3) is 0.176. The molecule has 2 rings (SSSR count). The van der Waals surface area contributed by atoms with Gasteiger partial charge in [-0.25, -0.2) is 0 Å². The first-order valence-corrected chi connectivity index (χ1v) is 7.36. The second kappa shape index (κ2) is 7.65. The summed E-state index contributed by atoms with van der Waals surface area (Å²) in [5, 5.41) is 6.10. The lowest BCUT2D eigenvalue weighted by atomic mass is 10.1. The second-order valence-electron chi connectivity index (χ2n) is 4.85. The van der Waals surface area contributed by atoms with Gasteiger partial charge in [0.15, 0.2) is 5.78 Å². The van der Waals surface area contributed by atoms with Crippen molar-refractivity contribution in [2.45, 2.75) is 6.92 Å². The minimum Gasteiger partial charge on any atom is -0.495 e. The van der Waals surface area contributed by atoms with E-state index >= 15 is 0 Å². The zero-order chi connectivity index (χ0) is 16.8. The molecular formula is C17H17ClN2O3. The summed E-state index contributed by atoms with van der Waals surface area (Å²) in [6.45, 7) is 1.52. The molecule has 0 aliphatic carbocycles. The Kier molecular flexibility index (Phi) is 5.60. The van der Waals surface area contributed by atoms with Crippen LogP contribution in [0.5, 0.6) is 5.75 Å². The lowest BCUT2D eigenvalue weighted by Crippen LogP contribution is -2.22. The minimum absolute atomic E-state index is 0.0357. The third kappa shape index (κ3) is 4.47. The van der Waals surface area contributed by atoms with Gasteiger partial charge in [-0.3, -0.25) is 9.59 Å². The molecule has 2 N–H and O–H groups in total. The van der Waals surface area contributed by atoms with E-state index < -0.39 is 0 Å². The molecule has 0 spiro atoms. The molecule has 0 aliphatic rings. The van der Waals surface area contributed by atoms with Gasteiger partial charge in [0.2, 0.25) is 5.91 Å². The molecule has 0 saturated carbocycles. The summed E-state index contributed by atoms with van der Waals surface area (Å²) >= 11 is 6.01. The van der Waals surface area contributed by atoms with Crippen molar-refractivity contribution in [2.75, 3.05) is 24.3 Å². The van der Waals surface area contributed by atoms with Crippen LogP contribution in [-0.2, 0) is 4.79 Å². The molecule has 2 aromatic carbocycles. The van der Waals surface area contributed by atoms with Crippen LogP contribution in [0.25, 0.3) is 0 Å². The monoisotopic (exact) mass is 332 g/mol. The van der Waals surface area contributed by atoms with E-state index in [1.165, 1.54) is 14.0 Å². The molecule has 0 fully saturated rings. The van der Waals surface area contributed by atoms with Crippen LogP contribution in [-0.4, -0.2) is 25.3 Å². The van der Waals surface area contributed by atoms with Crippen LogP contribution in [0.3, 0.4) is 0 Å². The summed E-state index contributed by atoms with van der Waals surface area (Å²) in [5.41, 5.74) is 1.75. The van der Waals surface area contributed by atoms with Gasteiger partial charge in [0.1, 0.15) is 5.75 Å². The van der Waals surface area contributed by atoms with Crippen molar-refractivity contribution >= 4 is 34.7 Å². The minimum atomic E-state index is -0.246. The van der Waals surface area contributed by atoms with Crippen LogP contribution < -0.4 is 15.4 Å².